The maximum atomic E-state index is 4.07. The molecule has 6 heteroatoms. The Morgan fingerprint density at radius 3 is 3.12 bits per heavy atom. The van der Waals surface area contributed by atoms with Crippen LogP contribution in [0.4, 0.5) is 0 Å². The summed E-state index contributed by atoms with van der Waals surface area (Å²) >= 11 is 1.70. The van der Waals surface area contributed by atoms with Crippen LogP contribution in [0.5, 0.6) is 0 Å². The molecule has 0 aliphatic carbocycles. The summed E-state index contributed by atoms with van der Waals surface area (Å²) in [5.74, 6) is 0.979. The van der Waals surface area contributed by atoms with E-state index in [9.17, 15) is 0 Å². The second-order valence-electron chi connectivity index (χ2n) is 3.61. The molecule has 0 amide bonds. The van der Waals surface area contributed by atoms with Gasteiger partial charge in [-0.05, 0) is 11.6 Å². The number of hydrogen-bond acceptors (Lipinski definition) is 5. The monoisotopic (exact) mass is 249 g/mol. The van der Waals surface area contributed by atoms with Crippen LogP contribution >= 0.6 is 11.8 Å². The number of rotatable bonds is 6. The molecule has 0 unspecified atom stereocenters. The number of aromatic nitrogens is 4. The highest BCUT2D eigenvalue weighted by molar-refractivity contribution is 7.99. The molecular formula is C11H15N5S. The van der Waals surface area contributed by atoms with Crippen molar-refractivity contribution in [3.63, 3.8) is 0 Å². The summed E-state index contributed by atoms with van der Waals surface area (Å²) in [6.45, 7) is 1.79. The first-order chi connectivity index (χ1) is 8.36. The van der Waals surface area contributed by atoms with Gasteiger partial charge in [0.1, 0.15) is 6.33 Å². The van der Waals surface area contributed by atoms with E-state index < -0.39 is 0 Å². The lowest BCUT2D eigenvalue weighted by Crippen LogP contribution is -2.16. The van der Waals surface area contributed by atoms with Crippen molar-refractivity contribution in [1.29, 1.82) is 0 Å². The summed E-state index contributed by atoms with van der Waals surface area (Å²) in [6.07, 6.45) is 5.38. The lowest BCUT2D eigenvalue weighted by molar-refractivity contribution is 0.726. The highest BCUT2D eigenvalue weighted by atomic mass is 32.2. The summed E-state index contributed by atoms with van der Waals surface area (Å²) in [5.41, 5.74) is 1.20. The van der Waals surface area contributed by atoms with Crippen molar-refractivity contribution in [2.75, 3.05) is 12.3 Å². The van der Waals surface area contributed by atoms with Gasteiger partial charge in [0, 0.05) is 38.3 Å². The van der Waals surface area contributed by atoms with Gasteiger partial charge in [0.05, 0.1) is 0 Å². The number of nitrogens with one attached hydrogen (secondary N) is 1. The van der Waals surface area contributed by atoms with Gasteiger partial charge in [-0.3, -0.25) is 4.98 Å². The van der Waals surface area contributed by atoms with E-state index in [4.69, 9.17) is 0 Å². The van der Waals surface area contributed by atoms with Crippen LogP contribution in [0.15, 0.2) is 36.0 Å². The molecule has 0 saturated carbocycles. The quantitative estimate of drug-likeness (QED) is 0.613. The molecule has 0 aliphatic heterocycles. The molecule has 2 heterocycles. The number of pyridine rings is 1. The van der Waals surface area contributed by atoms with Crippen molar-refractivity contribution in [2.24, 2.45) is 7.05 Å². The van der Waals surface area contributed by atoms with Crippen molar-refractivity contribution in [3.8, 4) is 0 Å². The van der Waals surface area contributed by atoms with Gasteiger partial charge in [0.15, 0.2) is 5.16 Å². The fourth-order valence-electron chi connectivity index (χ4n) is 1.35. The van der Waals surface area contributed by atoms with E-state index in [1.54, 1.807) is 24.3 Å². The van der Waals surface area contributed by atoms with Crippen LogP contribution in [0.25, 0.3) is 0 Å². The fraction of sp³-hybridized carbons (Fsp3) is 0.364. The number of thioether (sulfide) groups is 1. The molecular weight excluding hydrogens is 234 g/mol. The first-order valence-corrected chi connectivity index (χ1v) is 6.41. The Labute approximate surface area is 105 Å². The molecule has 0 fully saturated rings. The summed E-state index contributed by atoms with van der Waals surface area (Å²) in [5, 5.41) is 12.2. The Morgan fingerprint density at radius 2 is 2.41 bits per heavy atom. The van der Waals surface area contributed by atoms with Gasteiger partial charge in [0.2, 0.25) is 0 Å². The Kier molecular flexibility index (Phi) is 4.52. The van der Waals surface area contributed by atoms with Gasteiger partial charge in [-0.15, -0.1) is 10.2 Å². The Balaban J connectivity index is 1.63. The minimum Gasteiger partial charge on any atom is -0.312 e. The van der Waals surface area contributed by atoms with Crippen LogP contribution in [0.2, 0.25) is 0 Å². The molecule has 0 bridgehead atoms. The molecule has 2 aromatic heterocycles. The maximum absolute atomic E-state index is 4.07. The van der Waals surface area contributed by atoms with Crippen LogP contribution < -0.4 is 5.32 Å². The highest BCUT2D eigenvalue weighted by Crippen LogP contribution is 2.11. The Bertz CT molecular complexity index is 442. The van der Waals surface area contributed by atoms with E-state index >= 15 is 0 Å². The summed E-state index contributed by atoms with van der Waals surface area (Å²) < 4.78 is 1.92. The van der Waals surface area contributed by atoms with Crippen LogP contribution in [-0.2, 0) is 13.6 Å². The average molecular weight is 249 g/mol. The number of nitrogens with zero attached hydrogens (tertiary/aromatic N) is 4. The van der Waals surface area contributed by atoms with Gasteiger partial charge < -0.3 is 9.88 Å². The first-order valence-electron chi connectivity index (χ1n) is 5.42. The predicted molar refractivity (Wildman–Crippen MR) is 67.7 cm³/mol. The first kappa shape index (κ1) is 12.1. The van der Waals surface area contributed by atoms with E-state index in [1.807, 2.05) is 23.9 Å². The van der Waals surface area contributed by atoms with Gasteiger partial charge in [-0.25, -0.2) is 0 Å². The lowest BCUT2D eigenvalue weighted by Gasteiger charge is -2.03. The Hall–Kier alpha value is -1.40. The number of hydrogen-bond donors (Lipinski definition) is 1. The zero-order valence-corrected chi connectivity index (χ0v) is 10.5. The largest absolute Gasteiger partial charge is 0.312 e. The molecule has 2 rings (SSSR count). The second-order valence-corrected chi connectivity index (χ2v) is 4.67. The van der Waals surface area contributed by atoms with Crippen molar-refractivity contribution in [2.45, 2.75) is 11.7 Å². The zero-order chi connectivity index (χ0) is 11.9. The minimum atomic E-state index is 0.854. The molecule has 0 radical (unpaired) electrons. The van der Waals surface area contributed by atoms with E-state index in [0.717, 1.165) is 24.0 Å². The van der Waals surface area contributed by atoms with Crippen molar-refractivity contribution in [1.82, 2.24) is 25.1 Å². The zero-order valence-electron chi connectivity index (χ0n) is 9.71. The number of aryl methyl sites for hydroxylation is 1. The van der Waals surface area contributed by atoms with Gasteiger partial charge in [-0.1, -0.05) is 17.8 Å². The summed E-state index contributed by atoms with van der Waals surface area (Å²) in [4.78, 5) is 4.07. The topological polar surface area (TPSA) is 55.6 Å². The van der Waals surface area contributed by atoms with E-state index in [0.29, 0.717) is 0 Å². The standard InChI is InChI=1S/C11H15N5S/c1-16-9-14-15-11(16)17-6-5-13-8-10-3-2-4-12-7-10/h2-4,7,9,13H,5-6,8H2,1H3. The summed E-state index contributed by atoms with van der Waals surface area (Å²) in [7, 11) is 1.95. The van der Waals surface area contributed by atoms with Crippen molar-refractivity contribution < 1.29 is 0 Å². The highest BCUT2D eigenvalue weighted by Gasteiger charge is 2.00. The second kappa shape index (κ2) is 6.36. The van der Waals surface area contributed by atoms with Crippen molar-refractivity contribution in [3.05, 3.63) is 36.4 Å². The van der Waals surface area contributed by atoms with Crippen LogP contribution in [0.3, 0.4) is 0 Å². The van der Waals surface area contributed by atoms with E-state index in [1.165, 1.54) is 5.56 Å². The molecule has 1 N–H and O–H groups in total. The average Bonchev–Trinajstić information content (AvgIpc) is 2.76. The normalized spacial score (nSPS) is 10.6. The fourth-order valence-corrected chi connectivity index (χ4v) is 2.14. The van der Waals surface area contributed by atoms with Crippen LogP contribution in [-0.4, -0.2) is 32.0 Å². The van der Waals surface area contributed by atoms with Crippen LogP contribution in [0, 0.1) is 0 Å². The molecule has 90 valence electrons. The molecule has 2 aromatic rings. The minimum absolute atomic E-state index is 0.854. The Morgan fingerprint density at radius 1 is 1.47 bits per heavy atom. The molecule has 0 spiro atoms. The van der Waals surface area contributed by atoms with E-state index in [2.05, 4.69) is 26.6 Å². The third kappa shape index (κ3) is 3.83. The lowest BCUT2D eigenvalue weighted by atomic mass is 10.3. The predicted octanol–water partition coefficient (Wildman–Crippen LogP) is 1.09. The third-order valence-corrected chi connectivity index (χ3v) is 3.27. The molecule has 0 saturated heterocycles. The van der Waals surface area contributed by atoms with E-state index in [-0.39, 0.29) is 0 Å². The molecule has 17 heavy (non-hydrogen) atoms. The smallest absolute Gasteiger partial charge is 0.190 e. The van der Waals surface area contributed by atoms with Gasteiger partial charge in [-0.2, -0.15) is 0 Å². The molecule has 5 nitrogen and oxygen atoms in total. The molecule has 0 atom stereocenters. The molecule has 0 aliphatic rings. The summed E-state index contributed by atoms with van der Waals surface area (Å²) in [6, 6.07) is 4.02. The van der Waals surface area contributed by atoms with Crippen LogP contribution in [0.1, 0.15) is 5.56 Å². The van der Waals surface area contributed by atoms with Crippen molar-refractivity contribution >= 4 is 11.8 Å². The molecule has 0 aromatic carbocycles. The van der Waals surface area contributed by atoms with Gasteiger partial charge >= 0.3 is 0 Å². The van der Waals surface area contributed by atoms with Gasteiger partial charge in [0.25, 0.3) is 0 Å². The maximum Gasteiger partial charge on any atom is 0.190 e. The third-order valence-electron chi connectivity index (χ3n) is 2.23. The SMILES string of the molecule is Cn1cnnc1SCCNCc1cccnc1.